The van der Waals surface area contributed by atoms with E-state index < -0.39 is 24.5 Å². The van der Waals surface area contributed by atoms with Crippen molar-refractivity contribution in [2.24, 2.45) is 5.41 Å². The van der Waals surface area contributed by atoms with Gasteiger partial charge in [0.1, 0.15) is 0 Å². The van der Waals surface area contributed by atoms with Crippen LogP contribution in [0.25, 0.3) is 11.2 Å². The first-order valence-electron chi connectivity index (χ1n) is 15.0. The van der Waals surface area contributed by atoms with Crippen molar-refractivity contribution in [3.05, 3.63) is 23.8 Å². The summed E-state index contributed by atoms with van der Waals surface area (Å²) in [6, 6.07) is 1.74. The molecule has 3 aromatic rings. The Hall–Kier alpha value is -3.78. The molecule has 43 heavy (non-hydrogen) atoms. The van der Waals surface area contributed by atoms with Crippen molar-refractivity contribution in [2.75, 3.05) is 43.4 Å². The van der Waals surface area contributed by atoms with Crippen molar-refractivity contribution < 1.29 is 28.3 Å². The topological polar surface area (TPSA) is 159 Å². The maximum atomic E-state index is 11.6. The summed E-state index contributed by atoms with van der Waals surface area (Å²) >= 11 is 0. The third-order valence-corrected chi connectivity index (χ3v) is 7.86. The molecule has 0 bridgehead atoms. The molecule has 5 heterocycles. The molecule has 0 amide bonds. The molecule has 14 heteroatoms. The largest absolute Gasteiger partial charge is 0.457 e. The molecule has 2 aliphatic rings. The molecule has 0 spiro atoms. The van der Waals surface area contributed by atoms with E-state index >= 15 is 0 Å². The van der Waals surface area contributed by atoms with E-state index in [0.29, 0.717) is 66.8 Å². The highest BCUT2D eigenvalue weighted by atomic mass is 16.6. The van der Waals surface area contributed by atoms with Crippen LogP contribution in [0.3, 0.4) is 0 Å². The molecule has 2 saturated heterocycles. The summed E-state index contributed by atoms with van der Waals surface area (Å²) in [5, 5.41) is 10.9. The van der Waals surface area contributed by atoms with Crippen LogP contribution in [-0.4, -0.2) is 87.5 Å². The zero-order valence-corrected chi connectivity index (χ0v) is 25.3. The first kappa shape index (κ1) is 30.7. The fraction of sp³-hybridized carbons (Fsp3) is 0.655. The molecular weight excluding hydrogens is 556 g/mol. The summed E-state index contributed by atoms with van der Waals surface area (Å²) in [6.45, 7) is 13.6. The van der Waals surface area contributed by atoms with Gasteiger partial charge in [-0.2, -0.15) is 9.97 Å². The lowest BCUT2D eigenvalue weighted by Gasteiger charge is -2.26. The van der Waals surface area contributed by atoms with Crippen LogP contribution in [0.1, 0.15) is 77.2 Å². The van der Waals surface area contributed by atoms with Crippen LogP contribution >= 0.6 is 0 Å². The number of likely N-dealkylation sites (tertiary alicyclic amines) is 1. The van der Waals surface area contributed by atoms with Crippen molar-refractivity contribution in [3.63, 3.8) is 0 Å². The molecule has 5 rings (SSSR count). The fourth-order valence-electron chi connectivity index (χ4n) is 5.51. The highest BCUT2D eigenvalue weighted by molar-refractivity contribution is 5.84. The Morgan fingerprint density at radius 2 is 1.81 bits per heavy atom. The summed E-state index contributed by atoms with van der Waals surface area (Å²) in [4.78, 5) is 39.8. The molecule has 3 aromatic heterocycles. The van der Waals surface area contributed by atoms with Crippen LogP contribution in [0.15, 0.2) is 16.9 Å². The number of aromatic nitrogens is 5. The van der Waals surface area contributed by atoms with Gasteiger partial charge in [-0.3, -0.25) is 14.2 Å². The van der Waals surface area contributed by atoms with Crippen molar-refractivity contribution in [2.45, 2.75) is 84.3 Å². The number of hydrogen-bond donors (Lipinski definition) is 2. The van der Waals surface area contributed by atoms with E-state index in [0.717, 1.165) is 26.1 Å². The minimum Gasteiger partial charge on any atom is -0.457 e. The monoisotopic (exact) mass is 598 g/mol. The third-order valence-electron chi connectivity index (χ3n) is 7.86. The van der Waals surface area contributed by atoms with E-state index in [1.807, 2.05) is 6.92 Å². The average molecular weight is 599 g/mol. The van der Waals surface area contributed by atoms with Gasteiger partial charge in [-0.05, 0) is 44.2 Å². The van der Waals surface area contributed by atoms with E-state index in [9.17, 15) is 9.59 Å². The van der Waals surface area contributed by atoms with Crippen LogP contribution < -0.4 is 10.6 Å². The molecule has 0 saturated carbocycles. The number of nitrogens with one attached hydrogen (secondary N) is 2. The first-order valence-corrected chi connectivity index (χ1v) is 15.0. The summed E-state index contributed by atoms with van der Waals surface area (Å²) in [7, 11) is 0. The number of aryl methyl sites for hydroxylation is 1. The Labute approximate surface area is 250 Å². The minimum atomic E-state index is -1.01. The number of ether oxygens (including phenoxy) is 3. The van der Waals surface area contributed by atoms with E-state index in [1.54, 1.807) is 17.0 Å². The van der Waals surface area contributed by atoms with Gasteiger partial charge in [0.15, 0.2) is 47.3 Å². The van der Waals surface area contributed by atoms with Crippen molar-refractivity contribution >= 4 is 35.9 Å². The number of anilines is 2. The molecule has 0 unspecified atom stereocenters. The Kier molecular flexibility index (Phi) is 9.76. The number of carbonyl (C=O) groups excluding carboxylic acids is 2. The highest BCUT2D eigenvalue weighted by Gasteiger charge is 2.51. The fourth-order valence-corrected chi connectivity index (χ4v) is 5.51. The van der Waals surface area contributed by atoms with Crippen molar-refractivity contribution in [1.29, 1.82) is 0 Å². The van der Waals surface area contributed by atoms with E-state index in [1.165, 1.54) is 19.3 Å². The first-order chi connectivity index (χ1) is 20.8. The lowest BCUT2D eigenvalue weighted by molar-refractivity contribution is -0.151. The molecule has 2 N–H and O–H groups in total. The molecule has 2 aliphatic heterocycles. The number of fused-ring (bicyclic) bond motifs is 1. The Morgan fingerprint density at radius 3 is 2.51 bits per heavy atom. The molecular formula is C29H42N8O6. The molecule has 14 nitrogen and oxygen atoms in total. The second kappa shape index (κ2) is 13.7. The molecule has 234 valence electrons. The zero-order chi connectivity index (χ0) is 30.4. The summed E-state index contributed by atoms with van der Waals surface area (Å²) in [5.74, 6) is 1.38. The number of rotatable bonds is 14. The lowest BCUT2D eigenvalue weighted by Crippen LogP contribution is -2.34. The van der Waals surface area contributed by atoms with Crippen LogP contribution in [0.4, 0.5) is 11.8 Å². The maximum Gasteiger partial charge on any atom is 0.293 e. The average Bonchev–Trinajstić information content (AvgIpc) is 3.71. The zero-order valence-electron chi connectivity index (χ0n) is 25.3. The van der Waals surface area contributed by atoms with Gasteiger partial charge >= 0.3 is 0 Å². The highest BCUT2D eigenvalue weighted by Crippen LogP contribution is 2.43. The number of carbonyl (C=O) groups is 2. The van der Waals surface area contributed by atoms with Crippen molar-refractivity contribution in [3.8, 4) is 0 Å². The molecule has 0 aromatic carbocycles. The molecule has 0 radical (unpaired) electrons. The number of nitrogens with zero attached hydrogens (tertiary/aromatic N) is 6. The second-order valence-corrected chi connectivity index (χ2v) is 12.2. The SMILES string of the molecule is CCc1cc([C@H]2O[C@@H](n3cnc4c(NCCC(C)(C)C)nc(NCCN5CCCCC5)nc43)[C@H](OC=O)[C@@H]2OC=O)on1. The predicted molar refractivity (Wildman–Crippen MR) is 157 cm³/mol. The number of hydrogen-bond acceptors (Lipinski definition) is 13. The van der Waals surface area contributed by atoms with Gasteiger partial charge in [-0.25, -0.2) is 4.98 Å². The quantitative estimate of drug-likeness (QED) is 0.260. The summed E-state index contributed by atoms with van der Waals surface area (Å²) in [6.07, 6.45) is 3.05. The molecule has 2 fully saturated rings. The lowest BCUT2D eigenvalue weighted by atomic mass is 9.92. The van der Waals surface area contributed by atoms with Gasteiger partial charge in [-0.1, -0.05) is 39.3 Å². The van der Waals surface area contributed by atoms with Crippen LogP contribution in [0, 0.1) is 5.41 Å². The van der Waals surface area contributed by atoms with E-state index in [2.05, 4.69) is 46.4 Å². The Morgan fingerprint density at radius 1 is 1.05 bits per heavy atom. The van der Waals surface area contributed by atoms with Gasteiger partial charge in [0.05, 0.1) is 12.0 Å². The smallest absolute Gasteiger partial charge is 0.293 e. The van der Waals surface area contributed by atoms with Crippen LogP contribution in [-0.2, 0) is 30.2 Å². The summed E-state index contributed by atoms with van der Waals surface area (Å²) in [5.41, 5.74) is 1.85. The van der Waals surface area contributed by atoms with Gasteiger partial charge in [0, 0.05) is 25.7 Å². The second-order valence-electron chi connectivity index (χ2n) is 12.2. The van der Waals surface area contributed by atoms with Gasteiger partial charge in [0.25, 0.3) is 12.9 Å². The minimum absolute atomic E-state index is 0.131. The Balaban J connectivity index is 1.47. The van der Waals surface area contributed by atoms with E-state index in [4.69, 9.17) is 28.7 Å². The van der Waals surface area contributed by atoms with E-state index in [-0.39, 0.29) is 5.41 Å². The van der Waals surface area contributed by atoms with Gasteiger partial charge < -0.3 is 34.3 Å². The maximum absolute atomic E-state index is 11.6. The number of piperidine rings is 1. The normalized spacial score (nSPS) is 22.9. The third kappa shape index (κ3) is 7.24. The van der Waals surface area contributed by atoms with Crippen LogP contribution in [0.2, 0.25) is 0 Å². The standard InChI is InChI=1S/C29H42N8O6/c1-5-19-15-20(43-35-19)22-23(40-17-38)24(41-18-39)27(42-22)37-16-32-21-25(30-10-9-29(2,3)4)33-28(34-26(21)37)31-11-14-36-12-7-6-8-13-36/h15-18,22-24,27H,5-14H2,1-4H3,(H2,30,31,33,34)/t22-,23-,24-,27-/m1/s1. The van der Waals surface area contributed by atoms with Gasteiger partial charge in [0.2, 0.25) is 5.95 Å². The number of imidazole rings is 1. The summed E-state index contributed by atoms with van der Waals surface area (Å²) < 4.78 is 24.4. The van der Waals surface area contributed by atoms with Crippen molar-refractivity contribution in [1.82, 2.24) is 29.6 Å². The van der Waals surface area contributed by atoms with Crippen LogP contribution in [0.5, 0.6) is 0 Å². The predicted octanol–water partition coefficient (Wildman–Crippen LogP) is 3.48. The molecule has 4 atom stereocenters. The molecule has 0 aliphatic carbocycles. The van der Waals surface area contributed by atoms with Gasteiger partial charge in [-0.15, -0.1) is 0 Å². The Bertz CT molecular complexity index is 1360.